The maximum Gasteiger partial charge on any atom is 0.226 e. The van der Waals surface area contributed by atoms with Gasteiger partial charge >= 0.3 is 0 Å². The van der Waals surface area contributed by atoms with Crippen molar-refractivity contribution in [3.8, 4) is 0 Å². The molecule has 0 aromatic carbocycles. The van der Waals surface area contributed by atoms with Crippen molar-refractivity contribution in [2.24, 2.45) is 5.92 Å². The summed E-state index contributed by atoms with van der Waals surface area (Å²) in [5, 5.41) is 0. The molecule has 1 amide bonds. The molecule has 4 rings (SSSR count). The van der Waals surface area contributed by atoms with Gasteiger partial charge in [-0.1, -0.05) is 0 Å². The predicted octanol–water partition coefficient (Wildman–Crippen LogP) is 2.14. The number of hydrogen-bond donors (Lipinski definition) is 0. The molecular formula is C15H22N2O. The molecule has 4 aliphatic rings. The van der Waals surface area contributed by atoms with E-state index in [2.05, 4.69) is 9.80 Å². The van der Waals surface area contributed by atoms with Crippen molar-refractivity contribution >= 4 is 5.91 Å². The molecule has 0 radical (unpaired) electrons. The molecule has 18 heavy (non-hydrogen) atoms. The SMILES string of the molecule is O=C1CCCC2=C3CCCN4CCCC(CN12)C34. The maximum absolute atomic E-state index is 12.1. The van der Waals surface area contributed by atoms with Crippen LogP contribution in [0.4, 0.5) is 0 Å². The van der Waals surface area contributed by atoms with Crippen molar-refractivity contribution in [1.29, 1.82) is 0 Å². The van der Waals surface area contributed by atoms with E-state index in [4.69, 9.17) is 0 Å². The molecule has 3 saturated heterocycles. The fraction of sp³-hybridized carbons (Fsp3) is 0.800. The standard InChI is InChI=1S/C15H22N2O/c18-14-7-1-6-13-12-5-3-9-16-8-2-4-11(15(12)16)10-17(13)14/h11,15H,1-10H2. The van der Waals surface area contributed by atoms with Gasteiger partial charge in [-0.25, -0.2) is 0 Å². The van der Waals surface area contributed by atoms with Crippen LogP contribution in [-0.2, 0) is 4.79 Å². The minimum absolute atomic E-state index is 0.393. The quantitative estimate of drug-likeness (QED) is 0.654. The minimum Gasteiger partial charge on any atom is -0.316 e. The maximum atomic E-state index is 12.1. The fourth-order valence-electron chi connectivity index (χ4n) is 4.64. The molecule has 0 N–H and O–H groups in total. The smallest absolute Gasteiger partial charge is 0.226 e. The van der Waals surface area contributed by atoms with Gasteiger partial charge in [0.25, 0.3) is 0 Å². The first-order valence-electron chi connectivity index (χ1n) is 7.61. The van der Waals surface area contributed by atoms with Crippen LogP contribution in [0.5, 0.6) is 0 Å². The molecule has 4 aliphatic heterocycles. The summed E-state index contributed by atoms with van der Waals surface area (Å²) < 4.78 is 0. The van der Waals surface area contributed by atoms with Gasteiger partial charge in [-0.15, -0.1) is 0 Å². The highest BCUT2D eigenvalue weighted by Crippen LogP contribution is 2.43. The van der Waals surface area contributed by atoms with Crippen LogP contribution < -0.4 is 0 Å². The summed E-state index contributed by atoms with van der Waals surface area (Å²) in [7, 11) is 0. The summed E-state index contributed by atoms with van der Waals surface area (Å²) in [6.07, 6.45) is 8.19. The van der Waals surface area contributed by atoms with Crippen molar-refractivity contribution in [1.82, 2.24) is 9.80 Å². The van der Waals surface area contributed by atoms with Crippen LogP contribution in [-0.4, -0.2) is 41.4 Å². The number of nitrogens with zero attached hydrogens (tertiary/aromatic N) is 2. The second-order valence-electron chi connectivity index (χ2n) is 6.32. The first-order valence-corrected chi connectivity index (χ1v) is 7.61. The number of amides is 1. The number of carbonyl (C=O) groups excluding carboxylic acids is 1. The number of allylic oxidation sites excluding steroid dienone is 1. The average Bonchev–Trinajstić information content (AvgIpc) is 2.41. The zero-order valence-corrected chi connectivity index (χ0v) is 11.0. The Morgan fingerprint density at radius 2 is 1.89 bits per heavy atom. The van der Waals surface area contributed by atoms with Gasteiger partial charge in [0, 0.05) is 24.7 Å². The Kier molecular flexibility index (Phi) is 2.51. The normalized spacial score (nSPS) is 36.4. The Morgan fingerprint density at radius 1 is 1.00 bits per heavy atom. The van der Waals surface area contributed by atoms with Crippen molar-refractivity contribution < 1.29 is 4.79 Å². The topological polar surface area (TPSA) is 23.6 Å². The van der Waals surface area contributed by atoms with Gasteiger partial charge in [0.05, 0.1) is 0 Å². The molecule has 3 heteroatoms. The highest BCUT2D eigenvalue weighted by atomic mass is 16.2. The van der Waals surface area contributed by atoms with Crippen LogP contribution in [0.3, 0.4) is 0 Å². The van der Waals surface area contributed by atoms with Crippen LogP contribution in [0.2, 0.25) is 0 Å². The van der Waals surface area contributed by atoms with E-state index in [0.29, 0.717) is 11.9 Å². The first-order chi connectivity index (χ1) is 8.84. The van der Waals surface area contributed by atoms with Gasteiger partial charge < -0.3 is 4.90 Å². The Morgan fingerprint density at radius 3 is 2.83 bits per heavy atom. The number of fused-ring (bicyclic) bond motifs is 1. The second-order valence-corrected chi connectivity index (χ2v) is 6.32. The van der Waals surface area contributed by atoms with Gasteiger partial charge in [0.1, 0.15) is 0 Å². The molecule has 0 aromatic rings. The molecule has 4 heterocycles. The molecule has 98 valence electrons. The third-order valence-electron chi connectivity index (χ3n) is 5.33. The van der Waals surface area contributed by atoms with E-state index >= 15 is 0 Å². The number of piperidine rings is 3. The molecule has 2 unspecified atom stereocenters. The highest BCUT2D eigenvalue weighted by Gasteiger charge is 2.44. The summed E-state index contributed by atoms with van der Waals surface area (Å²) in [5.41, 5.74) is 3.07. The second kappa shape index (κ2) is 4.09. The van der Waals surface area contributed by atoms with Gasteiger partial charge in [0.15, 0.2) is 0 Å². The largest absolute Gasteiger partial charge is 0.316 e. The van der Waals surface area contributed by atoms with Crippen molar-refractivity contribution in [3.05, 3.63) is 11.3 Å². The third-order valence-corrected chi connectivity index (χ3v) is 5.33. The van der Waals surface area contributed by atoms with E-state index < -0.39 is 0 Å². The minimum atomic E-state index is 0.393. The lowest BCUT2D eigenvalue weighted by atomic mass is 9.75. The summed E-state index contributed by atoms with van der Waals surface area (Å²) in [6.45, 7) is 3.58. The lowest BCUT2D eigenvalue weighted by Crippen LogP contribution is -2.57. The van der Waals surface area contributed by atoms with Crippen molar-refractivity contribution in [2.45, 2.75) is 51.0 Å². The van der Waals surface area contributed by atoms with Crippen LogP contribution in [0.15, 0.2) is 11.3 Å². The summed E-state index contributed by atoms with van der Waals surface area (Å²) in [6, 6.07) is 0.699. The van der Waals surface area contributed by atoms with Gasteiger partial charge in [-0.2, -0.15) is 0 Å². The van der Waals surface area contributed by atoms with E-state index in [0.717, 1.165) is 31.7 Å². The molecule has 2 atom stereocenters. The number of hydrogen-bond acceptors (Lipinski definition) is 2. The van der Waals surface area contributed by atoms with E-state index in [1.165, 1.54) is 44.5 Å². The predicted molar refractivity (Wildman–Crippen MR) is 69.9 cm³/mol. The van der Waals surface area contributed by atoms with E-state index in [1.54, 1.807) is 5.57 Å². The molecule has 0 spiro atoms. The molecule has 3 fully saturated rings. The van der Waals surface area contributed by atoms with Gasteiger partial charge in [-0.05, 0) is 63.1 Å². The van der Waals surface area contributed by atoms with E-state index in [1.807, 2.05) is 0 Å². The number of rotatable bonds is 0. The monoisotopic (exact) mass is 246 g/mol. The van der Waals surface area contributed by atoms with E-state index in [-0.39, 0.29) is 0 Å². The Balaban J connectivity index is 1.77. The summed E-state index contributed by atoms with van der Waals surface area (Å²) in [4.78, 5) is 17.0. The van der Waals surface area contributed by atoms with Crippen molar-refractivity contribution in [2.75, 3.05) is 19.6 Å². The fourth-order valence-corrected chi connectivity index (χ4v) is 4.64. The summed E-state index contributed by atoms with van der Waals surface area (Å²) in [5.74, 6) is 1.12. The van der Waals surface area contributed by atoms with Crippen molar-refractivity contribution in [3.63, 3.8) is 0 Å². The Bertz CT molecular complexity index is 413. The lowest BCUT2D eigenvalue weighted by Gasteiger charge is -2.52. The van der Waals surface area contributed by atoms with Crippen LogP contribution in [0.1, 0.15) is 44.9 Å². The van der Waals surface area contributed by atoms with Gasteiger partial charge in [0.2, 0.25) is 5.91 Å². The van der Waals surface area contributed by atoms with E-state index in [9.17, 15) is 4.79 Å². The molecule has 0 saturated carbocycles. The third kappa shape index (κ3) is 1.49. The number of carbonyl (C=O) groups is 1. The average molecular weight is 246 g/mol. The molecule has 3 nitrogen and oxygen atoms in total. The lowest BCUT2D eigenvalue weighted by molar-refractivity contribution is -0.133. The van der Waals surface area contributed by atoms with Crippen LogP contribution in [0.25, 0.3) is 0 Å². The molecular weight excluding hydrogens is 224 g/mol. The first kappa shape index (κ1) is 11.0. The Hall–Kier alpha value is -0.830. The summed E-state index contributed by atoms with van der Waals surface area (Å²) >= 11 is 0. The van der Waals surface area contributed by atoms with Gasteiger partial charge in [-0.3, -0.25) is 9.69 Å². The molecule has 0 aliphatic carbocycles. The zero-order valence-electron chi connectivity index (χ0n) is 11.0. The highest BCUT2D eigenvalue weighted by molar-refractivity contribution is 5.79. The van der Waals surface area contributed by atoms with Crippen LogP contribution >= 0.6 is 0 Å². The molecule has 0 aromatic heterocycles. The Labute approximate surface area is 109 Å². The van der Waals surface area contributed by atoms with Crippen LogP contribution in [0, 0.1) is 5.92 Å². The zero-order chi connectivity index (χ0) is 12.1. The molecule has 0 bridgehead atoms.